The van der Waals surface area contributed by atoms with Gasteiger partial charge in [0.2, 0.25) is 0 Å². The molecule has 9 rings (SSSR count). The molecule has 2 heteroatoms. The van der Waals surface area contributed by atoms with E-state index in [1.54, 1.807) is 0 Å². The molecule has 8 aromatic rings. The minimum Gasteiger partial charge on any atom is -0.228 e. The summed E-state index contributed by atoms with van der Waals surface area (Å²) in [5, 5.41) is 1.06. The van der Waals surface area contributed by atoms with Gasteiger partial charge in [0, 0.05) is 16.5 Å². The van der Waals surface area contributed by atoms with Crippen LogP contribution in [0.15, 0.2) is 182 Å². The first-order valence-corrected chi connectivity index (χ1v) is 16.1. The van der Waals surface area contributed by atoms with Crippen LogP contribution in [0.5, 0.6) is 0 Å². The molecule has 1 heterocycles. The molecule has 2 nitrogen and oxygen atoms in total. The van der Waals surface area contributed by atoms with Crippen molar-refractivity contribution in [3.8, 4) is 44.9 Å². The molecule has 0 aliphatic heterocycles. The Morgan fingerprint density at radius 3 is 1.49 bits per heavy atom. The molecule has 0 bridgehead atoms. The van der Waals surface area contributed by atoms with E-state index < -0.39 is 0 Å². The molecule has 0 spiro atoms. The third-order valence-electron chi connectivity index (χ3n) is 9.60. The summed E-state index contributed by atoms with van der Waals surface area (Å²) in [7, 11) is 0. The number of aromatic nitrogens is 2. The molecule has 1 aliphatic rings. The van der Waals surface area contributed by atoms with E-state index in [1.807, 2.05) is 18.2 Å². The van der Waals surface area contributed by atoms with Gasteiger partial charge in [-0.1, -0.05) is 176 Å². The van der Waals surface area contributed by atoms with E-state index in [0.717, 1.165) is 39.1 Å². The maximum absolute atomic E-state index is 5.06. The fraction of sp³-hybridized carbons (Fsp3) is 0.0222. The maximum Gasteiger partial charge on any atom is 0.160 e. The molecule has 220 valence electrons. The average Bonchev–Trinajstić information content (AvgIpc) is 3.46. The Morgan fingerprint density at radius 1 is 0.340 bits per heavy atom. The Bertz CT molecular complexity index is 2330. The van der Waals surface area contributed by atoms with Crippen LogP contribution in [0.1, 0.15) is 22.3 Å². The summed E-state index contributed by atoms with van der Waals surface area (Å²) in [6.07, 6.45) is 0. The topological polar surface area (TPSA) is 25.8 Å². The Balaban J connectivity index is 1.11. The summed E-state index contributed by atoms with van der Waals surface area (Å²) in [6.45, 7) is 0. The minimum absolute atomic E-state index is 0.388. The second-order valence-corrected chi connectivity index (χ2v) is 12.1. The van der Waals surface area contributed by atoms with Crippen LogP contribution in [0.25, 0.3) is 55.8 Å². The Hall–Kier alpha value is -6.12. The van der Waals surface area contributed by atoms with Crippen molar-refractivity contribution in [1.29, 1.82) is 0 Å². The molecule has 0 atom stereocenters. The molecule has 0 saturated carbocycles. The smallest absolute Gasteiger partial charge is 0.160 e. The highest BCUT2D eigenvalue weighted by Gasteiger charge is 2.45. The fourth-order valence-corrected chi connectivity index (χ4v) is 7.46. The molecule has 0 amide bonds. The van der Waals surface area contributed by atoms with Crippen LogP contribution in [0.4, 0.5) is 0 Å². The molecule has 0 radical (unpaired) electrons. The van der Waals surface area contributed by atoms with Gasteiger partial charge in [0.1, 0.15) is 0 Å². The number of para-hydroxylation sites is 1. The third kappa shape index (κ3) is 4.34. The van der Waals surface area contributed by atoms with E-state index in [4.69, 9.17) is 9.97 Å². The van der Waals surface area contributed by atoms with Gasteiger partial charge >= 0.3 is 0 Å². The lowest BCUT2D eigenvalue weighted by atomic mass is 9.67. The lowest BCUT2D eigenvalue weighted by Crippen LogP contribution is -2.28. The molecule has 47 heavy (non-hydrogen) atoms. The van der Waals surface area contributed by atoms with Gasteiger partial charge in [-0.2, -0.15) is 0 Å². The van der Waals surface area contributed by atoms with Crippen LogP contribution in [-0.2, 0) is 5.41 Å². The van der Waals surface area contributed by atoms with E-state index in [1.165, 1.54) is 38.9 Å². The van der Waals surface area contributed by atoms with Crippen molar-refractivity contribution in [3.63, 3.8) is 0 Å². The zero-order valence-corrected chi connectivity index (χ0v) is 25.7. The van der Waals surface area contributed by atoms with Crippen molar-refractivity contribution in [1.82, 2.24) is 9.97 Å². The van der Waals surface area contributed by atoms with E-state index >= 15 is 0 Å². The summed E-state index contributed by atoms with van der Waals surface area (Å²) >= 11 is 0. The van der Waals surface area contributed by atoms with Crippen LogP contribution in [-0.4, -0.2) is 9.97 Å². The summed E-state index contributed by atoms with van der Waals surface area (Å²) in [4.78, 5) is 10.0. The van der Waals surface area contributed by atoms with Crippen molar-refractivity contribution < 1.29 is 0 Å². The highest BCUT2D eigenvalue weighted by Crippen LogP contribution is 2.56. The highest BCUT2D eigenvalue weighted by molar-refractivity contribution is 5.93. The van der Waals surface area contributed by atoms with E-state index in [9.17, 15) is 0 Å². The van der Waals surface area contributed by atoms with Gasteiger partial charge in [0.05, 0.1) is 16.6 Å². The van der Waals surface area contributed by atoms with Gasteiger partial charge in [0.15, 0.2) is 5.82 Å². The van der Waals surface area contributed by atoms with Gasteiger partial charge in [-0.3, -0.25) is 0 Å². The molecule has 0 fully saturated rings. The van der Waals surface area contributed by atoms with Gasteiger partial charge < -0.3 is 0 Å². The van der Waals surface area contributed by atoms with Crippen LogP contribution in [0.2, 0.25) is 0 Å². The lowest BCUT2D eigenvalue weighted by molar-refractivity contribution is 0.768. The summed E-state index contributed by atoms with van der Waals surface area (Å²) < 4.78 is 0. The summed E-state index contributed by atoms with van der Waals surface area (Å²) in [5.74, 6) is 0.729. The Labute approximate surface area is 274 Å². The number of hydrogen-bond acceptors (Lipinski definition) is 2. The molecule has 1 aromatic heterocycles. The predicted octanol–water partition coefficient (Wildman–Crippen LogP) is 11.0. The van der Waals surface area contributed by atoms with Gasteiger partial charge in [-0.15, -0.1) is 0 Å². The third-order valence-corrected chi connectivity index (χ3v) is 9.60. The molecule has 7 aromatic carbocycles. The molecular formula is C45H30N2. The number of benzene rings is 7. The van der Waals surface area contributed by atoms with E-state index in [-0.39, 0.29) is 5.41 Å². The highest BCUT2D eigenvalue weighted by atomic mass is 14.9. The Kier molecular flexibility index (Phi) is 6.39. The first-order chi connectivity index (χ1) is 23.3. The van der Waals surface area contributed by atoms with Crippen molar-refractivity contribution in [2.24, 2.45) is 0 Å². The van der Waals surface area contributed by atoms with Crippen molar-refractivity contribution >= 4 is 10.9 Å². The molecule has 0 N–H and O–H groups in total. The number of rotatable bonds is 5. The second-order valence-electron chi connectivity index (χ2n) is 12.1. The zero-order valence-electron chi connectivity index (χ0n) is 25.7. The maximum atomic E-state index is 5.06. The normalized spacial score (nSPS) is 12.9. The predicted molar refractivity (Wildman–Crippen MR) is 193 cm³/mol. The van der Waals surface area contributed by atoms with Gasteiger partial charge in [0.25, 0.3) is 0 Å². The molecule has 1 aliphatic carbocycles. The van der Waals surface area contributed by atoms with Crippen LogP contribution in [0.3, 0.4) is 0 Å². The van der Waals surface area contributed by atoms with Gasteiger partial charge in [-0.25, -0.2) is 9.97 Å². The first-order valence-electron chi connectivity index (χ1n) is 16.1. The second kappa shape index (κ2) is 11.0. The average molecular weight is 599 g/mol. The monoisotopic (exact) mass is 598 g/mol. The van der Waals surface area contributed by atoms with Crippen LogP contribution < -0.4 is 0 Å². The Morgan fingerprint density at radius 2 is 0.830 bits per heavy atom. The standard InChI is InChI=1S/C45H30N2/c1-3-13-33(14-4-1)43-39-19-9-12-22-42(39)46-44(47-43)34-25-23-31(24-26-34)32-27-29-36(30-28-32)45(35-15-5-2-6-16-35)40-20-10-7-17-37(40)38-18-8-11-21-41(38)45/h1-30H. The SMILES string of the molecule is c1ccc(-c2nc(-c3ccc(-c4ccc(C5(c6ccccc6)c6ccccc6-c6ccccc65)cc4)cc3)nc3ccccc23)cc1. The van der Waals surface area contributed by atoms with Crippen molar-refractivity contribution in [2.75, 3.05) is 0 Å². The molecular weight excluding hydrogens is 569 g/mol. The largest absolute Gasteiger partial charge is 0.228 e. The van der Waals surface area contributed by atoms with E-state index in [2.05, 4.69) is 164 Å². The van der Waals surface area contributed by atoms with Crippen LogP contribution in [0, 0.1) is 0 Å². The zero-order chi connectivity index (χ0) is 31.2. The quantitative estimate of drug-likeness (QED) is 0.197. The fourth-order valence-electron chi connectivity index (χ4n) is 7.46. The number of nitrogens with zero attached hydrogens (tertiary/aromatic N) is 2. The summed E-state index contributed by atoms with van der Waals surface area (Å²) in [6, 6.07) is 65.1. The van der Waals surface area contributed by atoms with Gasteiger partial charge in [-0.05, 0) is 50.6 Å². The molecule has 0 saturated heterocycles. The van der Waals surface area contributed by atoms with Crippen molar-refractivity contribution in [2.45, 2.75) is 5.41 Å². The number of hydrogen-bond donors (Lipinski definition) is 0. The summed E-state index contributed by atoms with van der Waals surface area (Å²) in [5.41, 5.74) is 13.7. The van der Waals surface area contributed by atoms with E-state index in [0.29, 0.717) is 0 Å². The lowest BCUT2D eigenvalue weighted by Gasteiger charge is -2.34. The molecule has 0 unspecified atom stereocenters. The minimum atomic E-state index is -0.388. The van der Waals surface area contributed by atoms with Crippen LogP contribution >= 0.6 is 0 Å². The number of fused-ring (bicyclic) bond motifs is 4. The first kappa shape index (κ1) is 27.2. The van der Waals surface area contributed by atoms with Crippen molar-refractivity contribution in [3.05, 3.63) is 204 Å².